The van der Waals surface area contributed by atoms with Gasteiger partial charge in [-0.3, -0.25) is 24.0 Å². The Balaban J connectivity index is 1.08. The number of hydrogen-bond donors (Lipinski definition) is 8. The lowest BCUT2D eigenvalue weighted by Crippen LogP contribution is -2.57. The zero-order valence-corrected chi connectivity index (χ0v) is 50.2. The molecule has 1 aliphatic heterocycles. The monoisotopic (exact) mass is 1120 g/mol. The van der Waals surface area contributed by atoms with E-state index in [1.54, 1.807) is 49.2 Å². The maximum absolute atomic E-state index is 14.2. The fourth-order valence-electron chi connectivity index (χ4n) is 10.0. The lowest BCUT2D eigenvalue weighted by molar-refractivity contribution is -0.137. The van der Waals surface area contributed by atoms with Gasteiger partial charge in [-0.1, -0.05) is 154 Å². The number of amides is 5. The standard InChI is InChI=1S/C65H88N8O9/c1-40(2)53(36-42(5)62(79)80)72(14)61(78)58(64(8,9)10)67-43(6)57(66-13)65(11,12)49-25-21-26-51(37-49)70-63(81)82-39-45-30-34-50(35-31-45)69-59(76)44(7)68-60(77)56(41(3)4)71-54(74)28-19-20-29-55(75)73-38-48-24-16-15-22-46(48)32-33-47-23-17-18-27-52(47)73/h15-18,21-27,30-37,40-41,44,53,56-58,63,66-67,70,81H,6,19-20,28-29,38-39H2,1-5,7-14H3,(H,68,77)(H,69,76)(H,71,74)(H,79,80)/b33-32-,42-36+/t44-,53+,56-,57?,58+,63?/m0/s1. The second kappa shape index (κ2) is 29.4. The van der Waals surface area contributed by atoms with E-state index in [1.807, 2.05) is 139 Å². The summed E-state index contributed by atoms with van der Waals surface area (Å²) in [4.78, 5) is 82.9. The number of anilines is 3. The SMILES string of the molecule is C=C(N[C@H](C(=O)N(C)[C@H](/C=C(\C)C(=O)O)C(C)C)C(C)(C)C)C(NC)C(C)(C)c1cccc(NC(O)OCc2ccc(NC(=O)[C@H](C)NC(=O)[C@@H](NC(=O)CCCCC(=O)N3Cc4ccccc4/C=C\c4ccccc43)C(C)C)cc2)c1. The first-order valence-corrected chi connectivity index (χ1v) is 28.3. The number of unbranched alkanes of at least 4 members (excludes halogenated alkanes) is 1. The number of carboxylic acids is 1. The van der Waals surface area contributed by atoms with E-state index >= 15 is 0 Å². The van der Waals surface area contributed by atoms with Gasteiger partial charge in [0, 0.05) is 47.9 Å². The van der Waals surface area contributed by atoms with Crippen molar-refractivity contribution in [1.29, 1.82) is 0 Å². The van der Waals surface area contributed by atoms with Crippen molar-refractivity contribution in [3.05, 3.63) is 149 Å². The molecule has 0 spiro atoms. The molecule has 17 heteroatoms. The van der Waals surface area contributed by atoms with E-state index in [2.05, 4.69) is 58.4 Å². The molecule has 4 aromatic carbocycles. The molecule has 2 unspecified atom stereocenters. The van der Waals surface area contributed by atoms with Gasteiger partial charge >= 0.3 is 5.97 Å². The van der Waals surface area contributed by atoms with Crippen molar-refractivity contribution in [2.75, 3.05) is 29.6 Å². The van der Waals surface area contributed by atoms with Crippen LogP contribution in [-0.4, -0.2) is 101 Å². The number of aliphatic hydroxyl groups excluding tert-OH is 1. The fraction of sp³-hybridized carbons (Fsp3) is 0.446. The Bertz CT molecular complexity index is 2940. The minimum atomic E-state index is -1.38. The number of nitrogens with zero attached hydrogens (tertiary/aromatic N) is 2. The Labute approximate surface area is 485 Å². The highest BCUT2D eigenvalue weighted by Crippen LogP contribution is 2.34. The minimum absolute atomic E-state index is 0.0328. The van der Waals surface area contributed by atoms with Gasteiger partial charge in [0.2, 0.25) is 35.9 Å². The Kier molecular flexibility index (Phi) is 23.4. The number of rotatable bonds is 27. The van der Waals surface area contributed by atoms with Gasteiger partial charge in [0.1, 0.15) is 18.1 Å². The number of carbonyl (C=O) groups excluding carboxylic acids is 5. The summed E-state index contributed by atoms with van der Waals surface area (Å²) in [5, 5.41) is 38.8. The van der Waals surface area contributed by atoms with Crippen molar-refractivity contribution in [3.63, 3.8) is 0 Å². The second-order valence-electron chi connectivity index (χ2n) is 23.6. The highest BCUT2D eigenvalue weighted by atomic mass is 16.6. The van der Waals surface area contributed by atoms with Crippen LogP contribution >= 0.6 is 0 Å². The molecule has 0 fully saturated rings. The maximum Gasteiger partial charge on any atom is 0.331 e. The number of ether oxygens (including phenoxy) is 1. The summed E-state index contributed by atoms with van der Waals surface area (Å²) in [6.45, 7) is 25.5. The molecule has 0 aliphatic carbocycles. The number of fused-ring (bicyclic) bond motifs is 2. The summed E-state index contributed by atoms with van der Waals surface area (Å²) in [6.07, 6.45) is 5.65. The number of carboxylic acid groups (broad SMARTS) is 1. The van der Waals surface area contributed by atoms with Crippen LogP contribution in [0, 0.1) is 17.3 Å². The van der Waals surface area contributed by atoms with Crippen LogP contribution < -0.4 is 36.8 Å². The Hall–Kier alpha value is -7.60. The summed E-state index contributed by atoms with van der Waals surface area (Å²) < 4.78 is 5.76. The van der Waals surface area contributed by atoms with Gasteiger partial charge in [-0.05, 0) is 109 Å². The number of para-hydroxylation sites is 1. The van der Waals surface area contributed by atoms with E-state index in [4.69, 9.17) is 4.74 Å². The van der Waals surface area contributed by atoms with Crippen molar-refractivity contribution in [1.82, 2.24) is 26.2 Å². The zero-order valence-electron chi connectivity index (χ0n) is 50.2. The number of aliphatic carboxylic acids is 1. The summed E-state index contributed by atoms with van der Waals surface area (Å²) in [6, 6.07) is 26.9. The summed E-state index contributed by atoms with van der Waals surface area (Å²) in [7, 11) is 3.52. The van der Waals surface area contributed by atoms with Gasteiger partial charge in [-0.25, -0.2) is 4.79 Å². The van der Waals surface area contributed by atoms with E-state index in [9.17, 15) is 39.0 Å². The van der Waals surface area contributed by atoms with Gasteiger partial charge in [-0.15, -0.1) is 0 Å². The Morgan fingerprint density at radius 1 is 0.756 bits per heavy atom. The number of nitrogens with one attached hydrogen (secondary N) is 6. The number of benzene rings is 4. The van der Waals surface area contributed by atoms with Gasteiger partial charge in [0.15, 0.2) is 0 Å². The molecule has 0 aromatic heterocycles. The minimum Gasteiger partial charge on any atom is -0.478 e. The molecule has 8 N–H and O–H groups in total. The molecule has 4 aromatic rings. The van der Waals surface area contributed by atoms with Crippen molar-refractivity contribution < 1.29 is 43.7 Å². The molecule has 442 valence electrons. The topological polar surface area (TPSA) is 231 Å². The molecule has 1 aliphatic rings. The first kappa shape index (κ1) is 65.2. The summed E-state index contributed by atoms with van der Waals surface area (Å²) in [5.74, 6) is -2.86. The van der Waals surface area contributed by atoms with E-state index < -0.39 is 59.2 Å². The van der Waals surface area contributed by atoms with Crippen LogP contribution in [0.4, 0.5) is 17.1 Å². The predicted octanol–water partition coefficient (Wildman–Crippen LogP) is 9.35. The predicted molar refractivity (Wildman–Crippen MR) is 326 cm³/mol. The van der Waals surface area contributed by atoms with E-state index in [-0.39, 0.29) is 60.6 Å². The van der Waals surface area contributed by atoms with Crippen molar-refractivity contribution in [2.45, 2.75) is 157 Å². The van der Waals surface area contributed by atoms with Crippen LogP contribution in [0.3, 0.4) is 0 Å². The molecule has 0 bridgehead atoms. The van der Waals surface area contributed by atoms with Crippen molar-refractivity contribution in [3.8, 4) is 0 Å². The molecule has 0 radical (unpaired) electrons. The molecule has 82 heavy (non-hydrogen) atoms. The number of aliphatic hydroxyl groups is 1. The Morgan fingerprint density at radius 3 is 2.02 bits per heavy atom. The lowest BCUT2D eigenvalue weighted by Gasteiger charge is -2.42. The van der Waals surface area contributed by atoms with E-state index in [0.717, 1.165) is 27.9 Å². The third-order valence-electron chi connectivity index (χ3n) is 15.0. The lowest BCUT2D eigenvalue weighted by atomic mass is 9.75. The zero-order chi connectivity index (χ0) is 60.6. The smallest absolute Gasteiger partial charge is 0.331 e. The quantitative estimate of drug-likeness (QED) is 0.0159. The van der Waals surface area contributed by atoms with Crippen LogP contribution in [0.1, 0.15) is 130 Å². The van der Waals surface area contributed by atoms with E-state index in [1.165, 1.54) is 6.92 Å². The largest absolute Gasteiger partial charge is 0.478 e. The normalized spacial score (nSPS) is 15.2. The average molecular weight is 1130 g/mol. The molecule has 5 rings (SSSR count). The van der Waals surface area contributed by atoms with Crippen molar-refractivity contribution >= 4 is 64.7 Å². The van der Waals surface area contributed by atoms with Crippen LogP contribution in [0.2, 0.25) is 0 Å². The maximum atomic E-state index is 14.2. The molecule has 0 saturated carbocycles. The molecule has 17 nitrogen and oxygen atoms in total. The fourth-order valence-corrected chi connectivity index (χ4v) is 10.0. The first-order chi connectivity index (χ1) is 38.6. The highest BCUT2D eigenvalue weighted by Gasteiger charge is 2.40. The van der Waals surface area contributed by atoms with Gasteiger partial charge in [0.05, 0.1) is 30.9 Å². The van der Waals surface area contributed by atoms with Gasteiger partial charge < -0.3 is 56.7 Å². The van der Waals surface area contributed by atoms with Crippen LogP contribution in [0.5, 0.6) is 0 Å². The van der Waals surface area contributed by atoms with Gasteiger partial charge in [0.25, 0.3) is 0 Å². The number of hydrogen-bond acceptors (Lipinski definition) is 11. The summed E-state index contributed by atoms with van der Waals surface area (Å²) >= 11 is 0. The first-order valence-electron chi connectivity index (χ1n) is 28.3. The van der Waals surface area contributed by atoms with Crippen molar-refractivity contribution in [2.24, 2.45) is 17.3 Å². The van der Waals surface area contributed by atoms with Crippen LogP contribution in [-0.2, 0) is 52.1 Å². The molecule has 0 saturated heterocycles. The molecular weight excluding hydrogens is 1040 g/mol. The average Bonchev–Trinajstić information content (AvgIpc) is 3.26. The third kappa shape index (κ3) is 17.9. The Morgan fingerprint density at radius 2 is 1.39 bits per heavy atom. The van der Waals surface area contributed by atoms with E-state index in [0.29, 0.717) is 42.0 Å². The molecular formula is C65H88N8O9. The summed E-state index contributed by atoms with van der Waals surface area (Å²) in [5.41, 5.74) is 6.19. The highest BCUT2D eigenvalue weighted by molar-refractivity contribution is 5.99. The number of carbonyl (C=O) groups is 6. The number of likely N-dealkylation sites (N-methyl/N-ethyl adjacent to an activating group) is 2. The van der Waals surface area contributed by atoms with Gasteiger partial charge in [-0.2, -0.15) is 0 Å². The molecule has 1 heterocycles. The second-order valence-corrected chi connectivity index (χ2v) is 23.6. The third-order valence-corrected chi connectivity index (χ3v) is 15.0. The van der Waals surface area contributed by atoms with Crippen LogP contribution in [0.25, 0.3) is 12.2 Å². The molecule has 5 amide bonds. The van der Waals surface area contributed by atoms with Crippen LogP contribution in [0.15, 0.2) is 121 Å². The molecule has 6 atom stereocenters.